The fraction of sp³-hybridized carbons (Fsp3) is 0.250. The second-order valence-electron chi connectivity index (χ2n) is 6.45. The molecule has 3 aromatic rings. The minimum absolute atomic E-state index is 0.141. The van der Waals surface area contributed by atoms with E-state index in [-0.39, 0.29) is 11.7 Å². The highest BCUT2D eigenvalue weighted by Gasteiger charge is 2.15. The summed E-state index contributed by atoms with van der Waals surface area (Å²) in [7, 11) is 0. The van der Waals surface area contributed by atoms with Gasteiger partial charge < -0.3 is 9.88 Å². The van der Waals surface area contributed by atoms with Gasteiger partial charge in [0.15, 0.2) is 5.16 Å². The fourth-order valence-electron chi connectivity index (χ4n) is 2.68. The quantitative estimate of drug-likeness (QED) is 0.211. The van der Waals surface area contributed by atoms with Crippen LogP contribution in [-0.4, -0.2) is 26.4 Å². The summed E-state index contributed by atoms with van der Waals surface area (Å²) in [5, 5.41) is 14.1. The van der Waals surface area contributed by atoms with Gasteiger partial charge in [-0.2, -0.15) is 0 Å². The van der Waals surface area contributed by atoms with E-state index in [0.29, 0.717) is 48.3 Å². The van der Waals surface area contributed by atoms with Crippen LogP contribution in [0.4, 0.5) is 5.69 Å². The van der Waals surface area contributed by atoms with Crippen molar-refractivity contribution in [3.8, 4) is 0 Å². The number of aromatic nitrogens is 3. The van der Waals surface area contributed by atoms with Crippen LogP contribution in [0.2, 0.25) is 25.1 Å². The van der Waals surface area contributed by atoms with Crippen molar-refractivity contribution in [2.45, 2.75) is 30.1 Å². The number of halogens is 5. The maximum absolute atomic E-state index is 12.4. The lowest BCUT2D eigenvalue weighted by Crippen LogP contribution is -2.15. The first-order valence-electron chi connectivity index (χ1n) is 9.29. The third kappa shape index (κ3) is 6.86. The van der Waals surface area contributed by atoms with E-state index in [1.165, 1.54) is 23.9 Å². The fourth-order valence-corrected chi connectivity index (χ4v) is 5.62. The molecular formula is C20H17Cl5N4OS2. The highest BCUT2D eigenvalue weighted by Crippen LogP contribution is 2.32. The van der Waals surface area contributed by atoms with Crippen LogP contribution in [0.25, 0.3) is 0 Å². The summed E-state index contributed by atoms with van der Waals surface area (Å²) in [4.78, 5) is 12.4. The van der Waals surface area contributed by atoms with Gasteiger partial charge in [-0.1, -0.05) is 75.8 Å². The summed E-state index contributed by atoms with van der Waals surface area (Å²) in [6, 6.07) is 8.48. The van der Waals surface area contributed by atoms with E-state index in [1.54, 1.807) is 17.8 Å². The first kappa shape index (κ1) is 25.8. The van der Waals surface area contributed by atoms with Crippen LogP contribution in [0, 0.1) is 0 Å². The Hall–Kier alpha value is -0.800. The molecule has 0 unspecified atom stereocenters. The molecule has 0 radical (unpaired) electrons. The molecule has 0 spiro atoms. The van der Waals surface area contributed by atoms with Gasteiger partial charge in [-0.3, -0.25) is 4.79 Å². The molecule has 0 saturated carbocycles. The van der Waals surface area contributed by atoms with Crippen LogP contribution in [-0.2, 0) is 22.8 Å². The molecular weight excluding hydrogens is 554 g/mol. The lowest BCUT2D eigenvalue weighted by atomic mass is 10.2. The standard InChI is InChI=1S/C20H17Cl5N4OS2/c1-2-29-18(9-31-8-11-3-4-12(21)5-13(11)22)27-28-20(29)32-10-19(30)26-17-7-15(24)14(23)6-16(17)25/h3-7H,2,8-10H2,1H3,(H,26,30). The topological polar surface area (TPSA) is 59.8 Å². The van der Waals surface area contributed by atoms with Gasteiger partial charge in [-0.05, 0) is 36.8 Å². The zero-order valence-corrected chi connectivity index (χ0v) is 22.1. The number of amides is 1. The van der Waals surface area contributed by atoms with Gasteiger partial charge in [-0.25, -0.2) is 0 Å². The lowest BCUT2D eigenvalue weighted by molar-refractivity contribution is -0.113. The monoisotopic (exact) mass is 568 g/mol. The molecule has 1 aromatic heterocycles. The first-order chi connectivity index (χ1) is 15.3. The molecule has 12 heteroatoms. The van der Waals surface area contributed by atoms with Crippen molar-refractivity contribution >= 4 is 93.1 Å². The van der Waals surface area contributed by atoms with Crippen molar-refractivity contribution in [3.05, 3.63) is 66.8 Å². The molecule has 0 fully saturated rings. The average molecular weight is 571 g/mol. The largest absolute Gasteiger partial charge is 0.324 e. The highest BCUT2D eigenvalue weighted by molar-refractivity contribution is 7.99. The van der Waals surface area contributed by atoms with E-state index in [1.807, 2.05) is 23.6 Å². The Bertz CT molecular complexity index is 1130. The SMILES string of the molecule is CCn1c(CSCc2ccc(Cl)cc2Cl)nnc1SCC(=O)Nc1cc(Cl)c(Cl)cc1Cl. The molecule has 1 amide bonds. The molecule has 0 bridgehead atoms. The number of carbonyl (C=O) groups excluding carboxylic acids is 1. The van der Waals surface area contributed by atoms with Crippen LogP contribution in [0.1, 0.15) is 18.3 Å². The predicted molar refractivity (Wildman–Crippen MR) is 138 cm³/mol. The Labute approximate surface area is 219 Å². The van der Waals surface area contributed by atoms with E-state index >= 15 is 0 Å². The van der Waals surface area contributed by atoms with Crippen molar-refractivity contribution in [2.75, 3.05) is 11.1 Å². The second kappa shape index (κ2) is 12.1. The molecule has 3 rings (SSSR count). The number of hydrogen-bond acceptors (Lipinski definition) is 5. The van der Waals surface area contributed by atoms with Gasteiger partial charge in [0.2, 0.25) is 5.91 Å². The van der Waals surface area contributed by atoms with Gasteiger partial charge in [-0.15, -0.1) is 22.0 Å². The zero-order chi connectivity index (χ0) is 23.3. The number of benzene rings is 2. The smallest absolute Gasteiger partial charge is 0.234 e. The van der Waals surface area contributed by atoms with E-state index in [4.69, 9.17) is 58.0 Å². The molecule has 1 heterocycles. The van der Waals surface area contributed by atoms with Crippen LogP contribution >= 0.6 is 81.5 Å². The molecule has 1 N–H and O–H groups in total. The van der Waals surface area contributed by atoms with E-state index in [2.05, 4.69) is 15.5 Å². The number of rotatable bonds is 9. The minimum atomic E-state index is -0.241. The van der Waals surface area contributed by atoms with Crippen LogP contribution < -0.4 is 5.32 Å². The Kier molecular flexibility index (Phi) is 9.73. The molecule has 2 aromatic carbocycles. The molecule has 0 atom stereocenters. The van der Waals surface area contributed by atoms with Crippen molar-refractivity contribution in [2.24, 2.45) is 0 Å². The van der Waals surface area contributed by atoms with Gasteiger partial charge >= 0.3 is 0 Å². The van der Waals surface area contributed by atoms with Crippen molar-refractivity contribution < 1.29 is 4.79 Å². The van der Waals surface area contributed by atoms with Crippen molar-refractivity contribution in [1.82, 2.24) is 14.8 Å². The van der Waals surface area contributed by atoms with Crippen molar-refractivity contribution in [3.63, 3.8) is 0 Å². The lowest BCUT2D eigenvalue weighted by Gasteiger charge is -2.10. The summed E-state index contributed by atoms with van der Waals surface area (Å²) in [5.41, 5.74) is 1.41. The molecule has 32 heavy (non-hydrogen) atoms. The molecule has 0 aliphatic rings. The third-order valence-corrected chi connectivity index (χ3v) is 7.80. The number of hydrogen-bond donors (Lipinski definition) is 1. The van der Waals surface area contributed by atoms with Gasteiger partial charge in [0.1, 0.15) is 5.82 Å². The molecule has 0 aliphatic heterocycles. The minimum Gasteiger partial charge on any atom is -0.324 e. The Morgan fingerprint density at radius 3 is 2.44 bits per heavy atom. The summed E-state index contributed by atoms with van der Waals surface area (Å²) in [6.45, 7) is 2.69. The van der Waals surface area contributed by atoms with Gasteiger partial charge in [0.05, 0.1) is 32.3 Å². The number of thioether (sulfide) groups is 2. The van der Waals surface area contributed by atoms with Gasteiger partial charge in [0.25, 0.3) is 0 Å². The molecule has 0 saturated heterocycles. The maximum Gasteiger partial charge on any atom is 0.234 e. The summed E-state index contributed by atoms with van der Waals surface area (Å²) in [6.07, 6.45) is 0. The Balaban J connectivity index is 1.56. The summed E-state index contributed by atoms with van der Waals surface area (Å²) < 4.78 is 1.99. The number of nitrogens with zero attached hydrogens (tertiary/aromatic N) is 3. The second-order valence-corrected chi connectivity index (χ2v) is 10.4. The maximum atomic E-state index is 12.4. The number of nitrogens with one attached hydrogen (secondary N) is 1. The average Bonchev–Trinajstić information content (AvgIpc) is 3.14. The van der Waals surface area contributed by atoms with Crippen molar-refractivity contribution in [1.29, 1.82) is 0 Å². The van der Waals surface area contributed by atoms with E-state index < -0.39 is 0 Å². The van der Waals surface area contributed by atoms with Crippen LogP contribution in [0.3, 0.4) is 0 Å². The molecule has 0 aliphatic carbocycles. The molecule has 170 valence electrons. The summed E-state index contributed by atoms with van der Waals surface area (Å²) >= 11 is 33.2. The van der Waals surface area contributed by atoms with Crippen LogP contribution in [0.15, 0.2) is 35.5 Å². The zero-order valence-electron chi connectivity index (χ0n) is 16.7. The first-order valence-corrected chi connectivity index (χ1v) is 13.3. The van der Waals surface area contributed by atoms with E-state index in [9.17, 15) is 4.79 Å². The number of carbonyl (C=O) groups is 1. The Morgan fingerprint density at radius 2 is 1.72 bits per heavy atom. The Morgan fingerprint density at radius 1 is 0.969 bits per heavy atom. The highest BCUT2D eigenvalue weighted by atomic mass is 35.5. The van der Waals surface area contributed by atoms with Crippen LogP contribution in [0.5, 0.6) is 0 Å². The molecule has 5 nitrogen and oxygen atoms in total. The normalized spacial score (nSPS) is 11.1. The summed E-state index contributed by atoms with van der Waals surface area (Å²) in [5.74, 6) is 2.11. The van der Waals surface area contributed by atoms with E-state index in [0.717, 1.165) is 17.1 Å². The third-order valence-electron chi connectivity index (χ3n) is 4.23. The predicted octanol–water partition coefficient (Wildman–Crippen LogP) is 7.73. The number of anilines is 1. The van der Waals surface area contributed by atoms with Gasteiger partial charge in [0, 0.05) is 22.3 Å².